The van der Waals surface area contributed by atoms with Crippen molar-refractivity contribution < 1.29 is 13.6 Å². The minimum atomic E-state index is -0.917. The van der Waals surface area contributed by atoms with E-state index in [1.54, 1.807) is 24.3 Å². The van der Waals surface area contributed by atoms with E-state index in [0.717, 1.165) is 41.3 Å². The molecule has 31 heavy (non-hydrogen) atoms. The highest BCUT2D eigenvalue weighted by Gasteiger charge is 2.35. The molecular weight excluding hydrogens is 422 g/mol. The third kappa shape index (κ3) is 4.16. The second-order valence-electron chi connectivity index (χ2n) is 7.39. The average molecular weight is 440 g/mol. The number of benzene rings is 2. The first kappa shape index (κ1) is 21.0. The molecule has 1 fully saturated rings. The summed E-state index contributed by atoms with van der Waals surface area (Å²) in [5.74, 6) is -2.17. The Balaban J connectivity index is 1.70. The lowest BCUT2D eigenvalue weighted by Crippen LogP contribution is -2.45. The number of nitrogens with zero attached hydrogens (tertiary/aromatic N) is 3. The molecule has 1 amide bonds. The molecule has 0 radical (unpaired) electrons. The summed E-state index contributed by atoms with van der Waals surface area (Å²) in [4.78, 5) is 30.1. The van der Waals surface area contributed by atoms with Gasteiger partial charge in [0.25, 0.3) is 5.56 Å². The number of aromatic nitrogens is 2. The second kappa shape index (κ2) is 8.47. The molecule has 0 atom stereocenters. The maximum Gasteiger partial charge on any atom is 0.266 e. The van der Waals surface area contributed by atoms with Crippen molar-refractivity contribution in [2.24, 2.45) is 0 Å². The van der Waals surface area contributed by atoms with Crippen LogP contribution in [0.3, 0.4) is 0 Å². The molecule has 0 spiro atoms. The lowest BCUT2D eigenvalue weighted by molar-refractivity contribution is -0.119. The van der Waals surface area contributed by atoms with Gasteiger partial charge < -0.3 is 5.32 Å². The molecule has 158 valence electrons. The van der Waals surface area contributed by atoms with Crippen LogP contribution in [0.5, 0.6) is 0 Å². The van der Waals surface area contributed by atoms with Gasteiger partial charge in [-0.05, 0) is 49.9 Å². The molecule has 3 aromatic rings. The maximum atomic E-state index is 14.5. The molecule has 1 N–H and O–H groups in total. The zero-order valence-corrected chi connectivity index (χ0v) is 17.2. The van der Waals surface area contributed by atoms with Crippen LogP contribution in [0.15, 0.2) is 52.4 Å². The fraction of sp³-hybridized carbons (Fsp3) is 0.273. The number of amides is 1. The van der Waals surface area contributed by atoms with E-state index >= 15 is 0 Å². The summed E-state index contributed by atoms with van der Waals surface area (Å²) in [6, 6.07) is 11.7. The highest BCUT2D eigenvalue weighted by Crippen LogP contribution is 2.29. The summed E-state index contributed by atoms with van der Waals surface area (Å²) < 4.78 is 29.0. The van der Waals surface area contributed by atoms with E-state index in [1.165, 1.54) is 0 Å². The van der Waals surface area contributed by atoms with Crippen LogP contribution in [0, 0.1) is 23.0 Å². The van der Waals surface area contributed by atoms with E-state index in [9.17, 15) is 23.6 Å². The Morgan fingerprint density at radius 1 is 1.23 bits per heavy atom. The van der Waals surface area contributed by atoms with Crippen molar-refractivity contribution in [1.29, 1.82) is 5.26 Å². The predicted molar refractivity (Wildman–Crippen MR) is 113 cm³/mol. The monoisotopic (exact) mass is 440 g/mol. The standard InChI is InChI=1S/C22H18F2N4O2S/c23-14-7-8-18(16(24)11-14)28-20(30)15-5-1-2-6-17(15)26-21(28)31-12-19(29)27-22(13-25)9-3-4-10-22/h1-2,5-8,11H,3-4,9-10,12H2,(H,27,29). The molecule has 0 bridgehead atoms. The predicted octanol–water partition coefficient (Wildman–Crippen LogP) is 3.71. The van der Waals surface area contributed by atoms with Crippen LogP contribution in [0.25, 0.3) is 16.6 Å². The van der Waals surface area contributed by atoms with E-state index in [4.69, 9.17) is 0 Å². The van der Waals surface area contributed by atoms with Gasteiger partial charge in [-0.2, -0.15) is 5.26 Å². The van der Waals surface area contributed by atoms with Crippen LogP contribution in [-0.4, -0.2) is 26.8 Å². The Bertz CT molecular complexity index is 1260. The van der Waals surface area contributed by atoms with Gasteiger partial charge in [-0.25, -0.2) is 13.8 Å². The number of para-hydroxylation sites is 1. The Labute approximate surface area is 180 Å². The fourth-order valence-electron chi connectivity index (χ4n) is 3.76. The highest BCUT2D eigenvalue weighted by atomic mass is 32.2. The minimum Gasteiger partial charge on any atom is -0.337 e. The van der Waals surface area contributed by atoms with Crippen LogP contribution < -0.4 is 10.9 Å². The number of nitriles is 1. The molecule has 9 heteroatoms. The number of carbonyl (C=O) groups is 1. The Kier molecular flexibility index (Phi) is 5.74. The summed E-state index contributed by atoms with van der Waals surface area (Å²) in [6.07, 6.45) is 2.94. The van der Waals surface area contributed by atoms with Crippen molar-refractivity contribution >= 4 is 28.6 Å². The summed E-state index contributed by atoms with van der Waals surface area (Å²) in [5.41, 5.74) is -1.14. The van der Waals surface area contributed by atoms with Crippen molar-refractivity contribution in [3.8, 4) is 11.8 Å². The van der Waals surface area contributed by atoms with Crippen molar-refractivity contribution in [3.05, 3.63) is 64.5 Å². The smallest absolute Gasteiger partial charge is 0.266 e. The van der Waals surface area contributed by atoms with E-state index in [-0.39, 0.29) is 27.9 Å². The van der Waals surface area contributed by atoms with Crippen LogP contribution in [0.1, 0.15) is 25.7 Å². The number of fused-ring (bicyclic) bond motifs is 1. The number of hydrogen-bond acceptors (Lipinski definition) is 5. The van der Waals surface area contributed by atoms with Crippen LogP contribution in [0.4, 0.5) is 8.78 Å². The molecule has 1 aromatic heterocycles. The average Bonchev–Trinajstić information content (AvgIpc) is 3.22. The third-order valence-corrected chi connectivity index (χ3v) is 6.22. The SMILES string of the molecule is N#CC1(NC(=O)CSc2nc3ccccc3c(=O)n2-c2ccc(F)cc2F)CCCC1. The summed E-state index contributed by atoms with van der Waals surface area (Å²) >= 11 is 0.954. The lowest BCUT2D eigenvalue weighted by Gasteiger charge is -2.22. The number of thioether (sulfide) groups is 1. The van der Waals surface area contributed by atoms with E-state index in [1.807, 2.05) is 0 Å². The van der Waals surface area contributed by atoms with Gasteiger partial charge in [-0.1, -0.05) is 23.9 Å². The quantitative estimate of drug-likeness (QED) is 0.483. The van der Waals surface area contributed by atoms with Gasteiger partial charge in [-0.15, -0.1) is 0 Å². The molecule has 0 saturated heterocycles. The molecule has 0 unspecified atom stereocenters. The summed E-state index contributed by atoms with van der Waals surface area (Å²) in [6.45, 7) is 0. The molecular formula is C22H18F2N4O2S. The third-order valence-electron chi connectivity index (χ3n) is 5.28. The lowest BCUT2D eigenvalue weighted by atomic mass is 10.0. The normalized spacial score (nSPS) is 15.0. The largest absolute Gasteiger partial charge is 0.337 e. The molecule has 4 rings (SSSR count). The maximum absolute atomic E-state index is 14.5. The van der Waals surface area contributed by atoms with Crippen molar-refractivity contribution in [2.75, 3.05) is 5.75 Å². The zero-order chi connectivity index (χ0) is 22.0. The van der Waals surface area contributed by atoms with Gasteiger partial charge in [0, 0.05) is 6.07 Å². The van der Waals surface area contributed by atoms with Crippen LogP contribution in [0.2, 0.25) is 0 Å². The van der Waals surface area contributed by atoms with Crippen molar-refractivity contribution in [1.82, 2.24) is 14.9 Å². The Hall–Kier alpha value is -3.25. The first-order chi connectivity index (χ1) is 14.9. The Morgan fingerprint density at radius 3 is 2.68 bits per heavy atom. The summed E-state index contributed by atoms with van der Waals surface area (Å²) in [7, 11) is 0. The van der Waals surface area contributed by atoms with Gasteiger partial charge in [0.05, 0.1) is 28.4 Å². The Morgan fingerprint density at radius 2 is 1.97 bits per heavy atom. The zero-order valence-electron chi connectivity index (χ0n) is 16.4. The van der Waals surface area contributed by atoms with Gasteiger partial charge in [-0.3, -0.25) is 14.2 Å². The van der Waals surface area contributed by atoms with E-state index in [0.29, 0.717) is 24.4 Å². The van der Waals surface area contributed by atoms with Gasteiger partial charge in [0.1, 0.15) is 17.2 Å². The number of halogens is 2. The molecule has 6 nitrogen and oxygen atoms in total. The highest BCUT2D eigenvalue weighted by molar-refractivity contribution is 7.99. The van der Waals surface area contributed by atoms with Crippen LogP contribution >= 0.6 is 11.8 Å². The first-order valence-electron chi connectivity index (χ1n) is 9.75. The summed E-state index contributed by atoms with van der Waals surface area (Å²) in [5, 5.41) is 12.6. The van der Waals surface area contributed by atoms with Gasteiger partial charge in [0.15, 0.2) is 5.16 Å². The number of rotatable bonds is 5. The number of nitrogens with one attached hydrogen (secondary N) is 1. The topological polar surface area (TPSA) is 87.8 Å². The molecule has 1 heterocycles. The molecule has 0 aliphatic heterocycles. The van der Waals surface area contributed by atoms with E-state index < -0.39 is 22.7 Å². The second-order valence-corrected chi connectivity index (χ2v) is 8.33. The number of carbonyl (C=O) groups excluding carboxylic acids is 1. The molecule has 2 aromatic carbocycles. The minimum absolute atomic E-state index is 0.0989. The van der Waals surface area contributed by atoms with Gasteiger partial charge >= 0.3 is 0 Å². The fourth-order valence-corrected chi connectivity index (χ4v) is 4.57. The van der Waals surface area contributed by atoms with Crippen LogP contribution in [-0.2, 0) is 4.79 Å². The molecule has 1 aliphatic rings. The van der Waals surface area contributed by atoms with Crippen molar-refractivity contribution in [3.63, 3.8) is 0 Å². The number of hydrogen-bond donors (Lipinski definition) is 1. The van der Waals surface area contributed by atoms with Crippen molar-refractivity contribution in [2.45, 2.75) is 36.4 Å². The van der Waals surface area contributed by atoms with Gasteiger partial charge in [0.2, 0.25) is 5.91 Å². The first-order valence-corrected chi connectivity index (χ1v) is 10.7. The molecule has 1 saturated carbocycles. The molecule has 1 aliphatic carbocycles. The van der Waals surface area contributed by atoms with E-state index in [2.05, 4.69) is 16.4 Å².